The van der Waals surface area contributed by atoms with Crippen LogP contribution in [0, 0.1) is 10.1 Å². The van der Waals surface area contributed by atoms with Crippen molar-refractivity contribution in [1.82, 2.24) is 4.98 Å². The van der Waals surface area contributed by atoms with Gasteiger partial charge in [0.2, 0.25) is 0 Å². The van der Waals surface area contributed by atoms with Gasteiger partial charge in [0.05, 0.1) is 4.92 Å². The smallest absolute Gasteiger partial charge is 0.263 e. The number of pyridine rings is 1. The Bertz CT molecular complexity index is 644. The number of aliphatic imine (C=N–C) groups is 1. The van der Waals surface area contributed by atoms with E-state index < -0.39 is 16.4 Å². The predicted octanol–water partition coefficient (Wildman–Crippen LogP) is 2.58. The summed E-state index contributed by atoms with van der Waals surface area (Å²) in [5.41, 5.74) is -0.358. The van der Waals surface area contributed by atoms with Crippen molar-refractivity contribution < 1.29 is 10.0 Å². The van der Waals surface area contributed by atoms with Gasteiger partial charge in [0, 0.05) is 23.0 Å². The summed E-state index contributed by atoms with van der Waals surface area (Å²) in [5, 5.41) is 22.5. The molecule has 0 saturated heterocycles. The molecule has 0 amide bonds. The van der Waals surface area contributed by atoms with Crippen molar-refractivity contribution in [2.45, 2.75) is 0 Å². The third kappa shape index (κ3) is 3.14. The summed E-state index contributed by atoms with van der Waals surface area (Å²) in [5.74, 6) is -0.252. The van der Waals surface area contributed by atoms with Gasteiger partial charge in [0.1, 0.15) is 0 Å². The lowest BCUT2D eigenvalue weighted by atomic mass is 10.2. The molecule has 0 saturated carbocycles. The van der Waals surface area contributed by atoms with Gasteiger partial charge >= 0.3 is 0 Å². The Kier molecular flexibility index (Phi) is 3.86. The number of nitrogens with zero attached hydrogens (tertiary/aromatic N) is 3. The van der Waals surface area contributed by atoms with E-state index in [1.54, 1.807) is 24.4 Å². The van der Waals surface area contributed by atoms with E-state index in [1.807, 2.05) is 0 Å². The highest BCUT2D eigenvalue weighted by Crippen LogP contribution is 2.30. The van der Waals surface area contributed by atoms with Crippen molar-refractivity contribution in [3.05, 3.63) is 56.7 Å². The molecule has 0 radical (unpaired) electrons. The summed E-state index contributed by atoms with van der Waals surface area (Å²) in [6, 6.07) is 7.79. The lowest BCUT2D eigenvalue weighted by Crippen LogP contribution is -2.02. The molecule has 19 heavy (non-hydrogen) atoms. The number of hydrogen-bond donors (Lipinski definition) is 0. The van der Waals surface area contributed by atoms with Crippen LogP contribution in [0.2, 0.25) is 0 Å². The first-order valence-electron chi connectivity index (χ1n) is 5.18. The second-order valence-corrected chi connectivity index (χ2v) is 4.46. The van der Waals surface area contributed by atoms with Crippen LogP contribution >= 0.6 is 15.9 Å². The highest BCUT2D eigenvalue weighted by atomic mass is 79.9. The fourth-order valence-corrected chi connectivity index (χ4v) is 1.86. The Labute approximate surface area is 116 Å². The van der Waals surface area contributed by atoms with Crippen molar-refractivity contribution in [2.75, 3.05) is 0 Å². The SMILES string of the molecule is O=[N+]([O-])c1cc(Br)cc(C=Nc2ccccn2)c1[O-]. The van der Waals surface area contributed by atoms with Crippen molar-refractivity contribution >= 4 is 33.6 Å². The molecule has 1 heterocycles. The quantitative estimate of drug-likeness (QED) is 0.493. The number of nitro groups is 1. The fourth-order valence-electron chi connectivity index (χ4n) is 1.40. The van der Waals surface area contributed by atoms with Gasteiger partial charge < -0.3 is 5.11 Å². The van der Waals surface area contributed by atoms with Crippen LogP contribution in [-0.4, -0.2) is 16.1 Å². The van der Waals surface area contributed by atoms with Gasteiger partial charge in [-0.15, -0.1) is 0 Å². The molecule has 0 fully saturated rings. The Morgan fingerprint density at radius 3 is 2.79 bits per heavy atom. The first-order chi connectivity index (χ1) is 9.08. The van der Waals surface area contributed by atoms with Gasteiger partial charge in [0.25, 0.3) is 5.69 Å². The number of benzene rings is 1. The second-order valence-electron chi connectivity index (χ2n) is 3.55. The summed E-state index contributed by atoms with van der Waals surface area (Å²) in [4.78, 5) is 18.0. The zero-order valence-electron chi connectivity index (χ0n) is 9.49. The van der Waals surface area contributed by atoms with E-state index in [4.69, 9.17) is 0 Å². The summed E-state index contributed by atoms with van der Waals surface area (Å²) >= 11 is 3.12. The minimum atomic E-state index is -0.717. The average molecular weight is 321 g/mol. The van der Waals surface area contributed by atoms with Crippen LogP contribution in [0.3, 0.4) is 0 Å². The topological polar surface area (TPSA) is 91.5 Å². The molecule has 0 aliphatic heterocycles. The van der Waals surface area contributed by atoms with Crippen LogP contribution in [0.4, 0.5) is 11.5 Å². The normalized spacial score (nSPS) is 10.8. The van der Waals surface area contributed by atoms with Crippen LogP contribution in [0.25, 0.3) is 0 Å². The van der Waals surface area contributed by atoms with E-state index in [2.05, 4.69) is 25.9 Å². The van der Waals surface area contributed by atoms with Crippen LogP contribution in [0.15, 0.2) is 46.0 Å². The molecule has 0 unspecified atom stereocenters. The molecule has 0 aliphatic rings. The summed E-state index contributed by atoms with van der Waals surface area (Å²) in [7, 11) is 0. The van der Waals surface area contributed by atoms with Gasteiger partial charge in [-0.3, -0.25) is 10.1 Å². The highest BCUT2D eigenvalue weighted by molar-refractivity contribution is 9.10. The maximum atomic E-state index is 11.8. The van der Waals surface area contributed by atoms with Gasteiger partial charge in [0.15, 0.2) is 5.82 Å². The van der Waals surface area contributed by atoms with Crippen LogP contribution in [-0.2, 0) is 0 Å². The van der Waals surface area contributed by atoms with E-state index in [0.29, 0.717) is 10.3 Å². The lowest BCUT2D eigenvalue weighted by molar-refractivity contribution is -0.398. The van der Waals surface area contributed by atoms with Crippen molar-refractivity contribution in [3.8, 4) is 5.75 Å². The van der Waals surface area contributed by atoms with Gasteiger partial charge in [-0.25, -0.2) is 9.98 Å². The Balaban J connectivity index is 2.41. The molecule has 0 aliphatic carbocycles. The molecular formula is C12H7BrN3O3-. The minimum Gasteiger partial charge on any atom is -0.867 e. The van der Waals surface area contributed by atoms with Crippen LogP contribution in [0.1, 0.15) is 5.56 Å². The molecular weight excluding hydrogens is 314 g/mol. The Morgan fingerprint density at radius 2 is 2.16 bits per heavy atom. The maximum absolute atomic E-state index is 11.8. The van der Waals surface area contributed by atoms with Gasteiger partial charge in [-0.2, -0.15) is 0 Å². The fraction of sp³-hybridized carbons (Fsp3) is 0. The standard InChI is InChI=1S/C12H8BrN3O3/c13-9-5-8(12(17)10(6-9)16(18)19)7-15-11-3-1-2-4-14-11/h1-7,17H/p-1. The third-order valence-corrected chi connectivity index (χ3v) is 2.70. The Hall–Kier alpha value is -2.28. The number of halogens is 1. The molecule has 96 valence electrons. The lowest BCUT2D eigenvalue weighted by Gasteiger charge is -2.10. The zero-order valence-corrected chi connectivity index (χ0v) is 11.1. The molecule has 0 N–H and O–H groups in total. The largest absolute Gasteiger partial charge is 0.867 e. The van der Waals surface area contributed by atoms with E-state index in [9.17, 15) is 15.2 Å². The molecule has 6 nitrogen and oxygen atoms in total. The average Bonchev–Trinajstić information content (AvgIpc) is 2.40. The van der Waals surface area contributed by atoms with E-state index in [-0.39, 0.29) is 5.56 Å². The molecule has 2 aromatic rings. The molecule has 1 aromatic heterocycles. The molecule has 0 atom stereocenters. The van der Waals surface area contributed by atoms with Crippen molar-refractivity contribution in [1.29, 1.82) is 0 Å². The molecule has 0 spiro atoms. The summed E-state index contributed by atoms with van der Waals surface area (Å²) in [6.45, 7) is 0. The van der Waals surface area contributed by atoms with E-state index in [1.165, 1.54) is 18.3 Å². The third-order valence-electron chi connectivity index (χ3n) is 2.24. The number of hydrogen-bond acceptors (Lipinski definition) is 5. The van der Waals surface area contributed by atoms with Gasteiger partial charge in [-0.05, 0) is 29.5 Å². The van der Waals surface area contributed by atoms with E-state index >= 15 is 0 Å². The second kappa shape index (κ2) is 5.57. The minimum absolute atomic E-state index is 0.131. The molecule has 1 aromatic carbocycles. The van der Waals surface area contributed by atoms with Gasteiger partial charge in [-0.1, -0.05) is 22.0 Å². The monoisotopic (exact) mass is 320 g/mol. The number of nitro benzene ring substituents is 1. The Morgan fingerprint density at radius 1 is 1.37 bits per heavy atom. The molecule has 7 heteroatoms. The first-order valence-corrected chi connectivity index (χ1v) is 5.97. The van der Waals surface area contributed by atoms with Crippen molar-refractivity contribution in [3.63, 3.8) is 0 Å². The maximum Gasteiger partial charge on any atom is 0.263 e. The van der Waals surface area contributed by atoms with E-state index in [0.717, 1.165) is 0 Å². The number of rotatable bonds is 3. The first kappa shape index (κ1) is 13.2. The van der Waals surface area contributed by atoms with Crippen molar-refractivity contribution in [2.24, 2.45) is 4.99 Å². The zero-order chi connectivity index (χ0) is 13.8. The predicted molar refractivity (Wildman–Crippen MR) is 71.7 cm³/mol. The summed E-state index contributed by atoms with van der Waals surface area (Å²) < 4.78 is 0.446. The van der Waals surface area contributed by atoms with Crippen LogP contribution < -0.4 is 5.11 Å². The molecule has 2 rings (SSSR count). The summed E-state index contributed by atoms with van der Waals surface area (Å²) in [6.07, 6.45) is 2.83. The highest BCUT2D eigenvalue weighted by Gasteiger charge is 2.10. The molecule has 0 bridgehead atoms. The number of aromatic nitrogens is 1. The van der Waals surface area contributed by atoms with Crippen LogP contribution in [0.5, 0.6) is 5.75 Å².